The highest BCUT2D eigenvalue weighted by Crippen LogP contribution is 2.40. The van der Waals surface area contributed by atoms with Gasteiger partial charge in [0.2, 0.25) is 11.8 Å². The summed E-state index contributed by atoms with van der Waals surface area (Å²) < 4.78 is 26.1. The summed E-state index contributed by atoms with van der Waals surface area (Å²) in [6, 6.07) is 8.87. The molecule has 0 bridgehead atoms. The Labute approximate surface area is 144 Å². The van der Waals surface area contributed by atoms with Gasteiger partial charge in [-0.1, -0.05) is 18.2 Å². The van der Waals surface area contributed by atoms with E-state index in [0.717, 1.165) is 28.9 Å². The number of carbonyl (C=O) groups excluding carboxylic acids is 2. The van der Waals surface area contributed by atoms with Crippen molar-refractivity contribution in [1.82, 2.24) is 0 Å². The van der Waals surface area contributed by atoms with Crippen molar-refractivity contribution in [3.8, 4) is 0 Å². The first-order chi connectivity index (χ1) is 11.9. The van der Waals surface area contributed by atoms with Crippen molar-refractivity contribution in [3.05, 3.63) is 59.2 Å². The number of benzene rings is 2. The van der Waals surface area contributed by atoms with Crippen LogP contribution in [0.25, 0.3) is 0 Å². The maximum absolute atomic E-state index is 13.2. The number of halogens is 2. The first kappa shape index (κ1) is 17.1. The van der Waals surface area contributed by atoms with E-state index in [1.807, 2.05) is 32.0 Å². The molecule has 0 spiro atoms. The second kappa shape index (κ2) is 6.63. The van der Waals surface area contributed by atoms with Gasteiger partial charge in [-0.25, -0.2) is 8.78 Å². The predicted octanol–water partition coefficient (Wildman–Crippen LogP) is 3.79. The molecule has 1 aliphatic carbocycles. The van der Waals surface area contributed by atoms with Gasteiger partial charge in [0.1, 0.15) is 0 Å². The summed E-state index contributed by atoms with van der Waals surface area (Å²) in [5, 5.41) is 5.39. The molecule has 0 saturated heterocycles. The fourth-order valence-electron chi connectivity index (χ4n) is 2.81. The van der Waals surface area contributed by atoms with Gasteiger partial charge in [0.25, 0.3) is 0 Å². The fourth-order valence-corrected chi connectivity index (χ4v) is 2.81. The molecule has 3 rings (SSSR count). The highest BCUT2D eigenvalue weighted by atomic mass is 19.2. The van der Waals surface area contributed by atoms with Crippen LogP contribution in [0.1, 0.15) is 17.5 Å². The lowest BCUT2D eigenvalue weighted by molar-refractivity contribution is -0.122. The van der Waals surface area contributed by atoms with Crippen LogP contribution in [0.2, 0.25) is 0 Å². The minimum absolute atomic E-state index is 0.171. The lowest BCUT2D eigenvalue weighted by Crippen LogP contribution is -2.21. The van der Waals surface area contributed by atoms with Crippen molar-refractivity contribution < 1.29 is 18.4 Å². The summed E-state index contributed by atoms with van der Waals surface area (Å²) in [7, 11) is 0. The molecule has 2 N–H and O–H groups in total. The van der Waals surface area contributed by atoms with Crippen LogP contribution < -0.4 is 10.6 Å². The van der Waals surface area contributed by atoms with Crippen LogP contribution >= 0.6 is 0 Å². The molecule has 2 unspecified atom stereocenters. The molecular formula is C19H18F2N2O2. The molecule has 1 saturated carbocycles. The predicted molar refractivity (Wildman–Crippen MR) is 91.1 cm³/mol. The van der Waals surface area contributed by atoms with Crippen molar-refractivity contribution in [3.63, 3.8) is 0 Å². The molecule has 25 heavy (non-hydrogen) atoms. The van der Waals surface area contributed by atoms with Gasteiger partial charge in [-0.15, -0.1) is 0 Å². The second-order valence-electron chi connectivity index (χ2n) is 6.32. The quantitative estimate of drug-likeness (QED) is 0.886. The van der Waals surface area contributed by atoms with Crippen LogP contribution in [0.15, 0.2) is 36.4 Å². The molecule has 2 atom stereocenters. The van der Waals surface area contributed by atoms with E-state index in [9.17, 15) is 18.4 Å². The van der Waals surface area contributed by atoms with Crippen LogP contribution in [0.4, 0.5) is 20.2 Å². The summed E-state index contributed by atoms with van der Waals surface area (Å²) >= 11 is 0. The Bertz CT molecular complexity index is 831. The largest absolute Gasteiger partial charge is 0.326 e. The maximum Gasteiger partial charge on any atom is 0.228 e. The third-order valence-electron chi connectivity index (χ3n) is 4.38. The number of aryl methyl sites for hydroxylation is 2. The third kappa shape index (κ3) is 3.68. The van der Waals surface area contributed by atoms with Crippen molar-refractivity contribution in [1.29, 1.82) is 0 Å². The lowest BCUT2D eigenvalue weighted by Gasteiger charge is -2.11. The van der Waals surface area contributed by atoms with E-state index in [1.165, 1.54) is 6.07 Å². The van der Waals surface area contributed by atoms with E-state index >= 15 is 0 Å². The lowest BCUT2D eigenvalue weighted by atomic mass is 10.1. The van der Waals surface area contributed by atoms with Crippen LogP contribution in [0.3, 0.4) is 0 Å². The Morgan fingerprint density at radius 1 is 0.920 bits per heavy atom. The average Bonchev–Trinajstić information content (AvgIpc) is 3.35. The molecule has 2 aromatic rings. The average molecular weight is 344 g/mol. The Hall–Kier alpha value is -2.76. The van der Waals surface area contributed by atoms with Crippen molar-refractivity contribution in [2.75, 3.05) is 10.6 Å². The van der Waals surface area contributed by atoms with E-state index in [1.54, 1.807) is 0 Å². The van der Waals surface area contributed by atoms with Gasteiger partial charge in [-0.2, -0.15) is 0 Å². The van der Waals surface area contributed by atoms with E-state index in [-0.39, 0.29) is 17.5 Å². The van der Waals surface area contributed by atoms with E-state index in [4.69, 9.17) is 0 Å². The number of para-hydroxylation sites is 1. The zero-order chi connectivity index (χ0) is 18.1. The highest BCUT2D eigenvalue weighted by molar-refractivity contribution is 6.03. The summed E-state index contributed by atoms with van der Waals surface area (Å²) in [5.41, 5.74) is 2.84. The number of hydrogen-bond donors (Lipinski definition) is 2. The number of anilines is 2. The first-order valence-electron chi connectivity index (χ1n) is 8.00. The number of carbonyl (C=O) groups is 2. The molecule has 0 aliphatic heterocycles. The van der Waals surface area contributed by atoms with Crippen molar-refractivity contribution >= 4 is 23.2 Å². The van der Waals surface area contributed by atoms with Gasteiger partial charge in [-0.3, -0.25) is 9.59 Å². The summed E-state index contributed by atoms with van der Waals surface area (Å²) in [5.74, 6) is -3.45. The molecule has 0 aromatic heterocycles. The molecule has 1 fully saturated rings. The van der Waals surface area contributed by atoms with Gasteiger partial charge >= 0.3 is 0 Å². The van der Waals surface area contributed by atoms with E-state index in [0.29, 0.717) is 6.42 Å². The van der Waals surface area contributed by atoms with Crippen LogP contribution in [0.5, 0.6) is 0 Å². The number of rotatable bonds is 4. The zero-order valence-electron chi connectivity index (χ0n) is 13.9. The Morgan fingerprint density at radius 2 is 1.52 bits per heavy atom. The fraction of sp³-hybridized carbons (Fsp3) is 0.263. The minimum atomic E-state index is -1.03. The van der Waals surface area contributed by atoms with Gasteiger partial charge in [0.05, 0.1) is 11.8 Å². The van der Waals surface area contributed by atoms with Gasteiger partial charge < -0.3 is 10.6 Å². The minimum Gasteiger partial charge on any atom is -0.326 e. The Morgan fingerprint density at radius 3 is 2.12 bits per heavy atom. The Kier molecular flexibility index (Phi) is 4.53. The third-order valence-corrected chi connectivity index (χ3v) is 4.38. The molecular weight excluding hydrogens is 326 g/mol. The van der Waals surface area contributed by atoms with Gasteiger partial charge in [0.15, 0.2) is 11.6 Å². The van der Waals surface area contributed by atoms with Gasteiger partial charge in [0, 0.05) is 17.4 Å². The molecule has 1 aliphatic rings. The normalized spacial score (nSPS) is 18.6. The standard InChI is InChI=1S/C19H18F2N2O2/c1-10-4-3-5-11(2)17(10)23-19(25)14-9-13(14)18(24)22-12-6-7-15(20)16(21)8-12/h3-8,13-14H,9H2,1-2H3,(H,22,24)(H,23,25). The zero-order valence-corrected chi connectivity index (χ0v) is 13.9. The van der Waals surface area contributed by atoms with Crippen LogP contribution in [-0.4, -0.2) is 11.8 Å². The number of amides is 2. The number of nitrogens with one attached hydrogen (secondary N) is 2. The Balaban J connectivity index is 1.60. The van der Waals surface area contributed by atoms with E-state index < -0.39 is 23.5 Å². The monoisotopic (exact) mass is 344 g/mol. The van der Waals surface area contributed by atoms with Crippen LogP contribution in [0, 0.1) is 37.3 Å². The molecule has 130 valence electrons. The topological polar surface area (TPSA) is 58.2 Å². The van der Waals surface area contributed by atoms with Gasteiger partial charge in [-0.05, 0) is 43.5 Å². The molecule has 4 nitrogen and oxygen atoms in total. The highest BCUT2D eigenvalue weighted by Gasteiger charge is 2.48. The summed E-state index contributed by atoms with van der Waals surface area (Å²) in [6.45, 7) is 3.81. The molecule has 0 heterocycles. The molecule has 0 radical (unpaired) electrons. The smallest absolute Gasteiger partial charge is 0.228 e. The van der Waals surface area contributed by atoms with Crippen molar-refractivity contribution in [2.45, 2.75) is 20.3 Å². The maximum atomic E-state index is 13.2. The van der Waals surface area contributed by atoms with Crippen LogP contribution in [-0.2, 0) is 9.59 Å². The molecule has 2 amide bonds. The SMILES string of the molecule is Cc1cccc(C)c1NC(=O)C1CC1C(=O)Nc1ccc(F)c(F)c1. The summed E-state index contributed by atoms with van der Waals surface area (Å²) in [4.78, 5) is 24.5. The molecule has 6 heteroatoms. The van der Waals surface area contributed by atoms with Crippen molar-refractivity contribution in [2.24, 2.45) is 11.8 Å². The number of hydrogen-bond acceptors (Lipinski definition) is 2. The second-order valence-corrected chi connectivity index (χ2v) is 6.32. The molecule has 2 aromatic carbocycles. The first-order valence-corrected chi connectivity index (χ1v) is 8.00. The summed E-state index contributed by atoms with van der Waals surface area (Å²) in [6.07, 6.45) is 0.437. The van der Waals surface area contributed by atoms with E-state index in [2.05, 4.69) is 10.6 Å².